The van der Waals surface area contributed by atoms with Crippen molar-refractivity contribution in [2.75, 3.05) is 20.1 Å². The summed E-state index contributed by atoms with van der Waals surface area (Å²) < 4.78 is 0. The molecule has 0 radical (unpaired) electrons. The van der Waals surface area contributed by atoms with E-state index in [2.05, 4.69) is 0 Å². The second kappa shape index (κ2) is 11.5. The lowest BCUT2D eigenvalue weighted by atomic mass is 9.79. The molecule has 8 heteroatoms. The van der Waals surface area contributed by atoms with Gasteiger partial charge in [0, 0.05) is 54.5 Å². The van der Waals surface area contributed by atoms with Crippen molar-refractivity contribution in [2.24, 2.45) is 11.8 Å². The zero-order valence-electron chi connectivity index (χ0n) is 20.6. The first-order chi connectivity index (χ1) is 17.2. The van der Waals surface area contributed by atoms with E-state index in [9.17, 15) is 14.4 Å². The van der Waals surface area contributed by atoms with Crippen LogP contribution in [-0.4, -0.2) is 53.6 Å². The molecule has 36 heavy (non-hydrogen) atoms. The van der Waals surface area contributed by atoms with E-state index in [4.69, 9.17) is 34.8 Å². The minimum absolute atomic E-state index is 0.0555. The minimum atomic E-state index is -0.122. The van der Waals surface area contributed by atoms with Gasteiger partial charge in [0.15, 0.2) is 0 Å². The van der Waals surface area contributed by atoms with Crippen LogP contribution in [0.4, 0.5) is 0 Å². The van der Waals surface area contributed by atoms with E-state index in [-0.39, 0.29) is 41.4 Å². The number of ketones is 1. The third-order valence-corrected chi connectivity index (χ3v) is 8.81. The third kappa shape index (κ3) is 5.90. The molecule has 1 heterocycles. The fourth-order valence-corrected chi connectivity index (χ4v) is 6.06. The summed E-state index contributed by atoms with van der Waals surface area (Å²) in [6, 6.07) is 12.3. The summed E-state index contributed by atoms with van der Waals surface area (Å²) in [7, 11) is 1.81. The number of nitrogens with zero attached hydrogens (tertiary/aromatic N) is 2. The maximum atomic E-state index is 13.5. The van der Waals surface area contributed by atoms with Crippen LogP contribution in [0.25, 0.3) is 0 Å². The quantitative estimate of drug-likeness (QED) is 0.428. The molecule has 2 amide bonds. The van der Waals surface area contributed by atoms with Crippen molar-refractivity contribution >= 4 is 52.4 Å². The fraction of sp³-hybridized carbons (Fsp3) is 0.464. The van der Waals surface area contributed by atoms with E-state index < -0.39 is 0 Å². The molecule has 2 aliphatic rings. The number of piperidine rings is 1. The smallest absolute Gasteiger partial charge is 0.253 e. The molecule has 1 saturated carbocycles. The fourth-order valence-electron chi connectivity index (χ4n) is 5.63. The van der Waals surface area contributed by atoms with E-state index in [0.29, 0.717) is 40.1 Å². The topological polar surface area (TPSA) is 57.7 Å². The minimum Gasteiger partial charge on any atom is -0.342 e. The van der Waals surface area contributed by atoms with Crippen LogP contribution < -0.4 is 0 Å². The molecule has 1 aliphatic heterocycles. The van der Waals surface area contributed by atoms with Crippen molar-refractivity contribution in [3.8, 4) is 0 Å². The SMILES string of the molecule is CC(=O)[C@H]1CC[C@H](C(=O)N2CC[C@@H](N(C)C(=O)c3ccc(Cl)cc3)[C@H](c3ccc(Cl)c(Cl)c3)C2)CC1. The Bertz CT molecular complexity index is 1130. The molecule has 1 aliphatic carbocycles. The van der Waals surface area contributed by atoms with Crippen molar-refractivity contribution < 1.29 is 14.4 Å². The summed E-state index contributed by atoms with van der Waals surface area (Å²) in [4.78, 5) is 42.3. The van der Waals surface area contributed by atoms with Gasteiger partial charge in [-0.3, -0.25) is 14.4 Å². The largest absolute Gasteiger partial charge is 0.342 e. The molecule has 0 spiro atoms. The van der Waals surface area contributed by atoms with Crippen LogP contribution in [0.15, 0.2) is 42.5 Å². The highest BCUT2D eigenvalue weighted by Crippen LogP contribution is 2.37. The second-order valence-electron chi connectivity index (χ2n) is 10.0. The van der Waals surface area contributed by atoms with Gasteiger partial charge in [-0.15, -0.1) is 0 Å². The molecule has 0 aromatic heterocycles. The molecular weight excluding hydrogens is 519 g/mol. The number of likely N-dealkylation sites (tertiary alicyclic amines) is 1. The lowest BCUT2D eigenvalue weighted by Gasteiger charge is -2.44. The van der Waals surface area contributed by atoms with Gasteiger partial charge in [-0.25, -0.2) is 0 Å². The molecule has 2 atom stereocenters. The van der Waals surface area contributed by atoms with Crippen molar-refractivity contribution in [3.05, 3.63) is 68.7 Å². The van der Waals surface area contributed by atoms with Crippen LogP contribution in [0, 0.1) is 11.8 Å². The highest BCUT2D eigenvalue weighted by Gasteiger charge is 2.39. The predicted octanol–water partition coefficient (Wildman–Crippen LogP) is 6.50. The number of hydrogen-bond acceptors (Lipinski definition) is 3. The van der Waals surface area contributed by atoms with E-state index in [1.165, 1.54) is 0 Å². The molecule has 2 aromatic carbocycles. The molecule has 192 valence electrons. The van der Waals surface area contributed by atoms with Gasteiger partial charge >= 0.3 is 0 Å². The Morgan fingerprint density at radius 3 is 2.11 bits per heavy atom. The lowest BCUT2D eigenvalue weighted by Crippen LogP contribution is -2.53. The molecule has 5 nitrogen and oxygen atoms in total. The van der Waals surface area contributed by atoms with Crippen LogP contribution in [0.2, 0.25) is 15.1 Å². The number of Topliss-reactive ketones (excluding diaryl/α,β-unsaturated/α-hetero) is 1. The maximum Gasteiger partial charge on any atom is 0.253 e. The number of carbonyl (C=O) groups excluding carboxylic acids is 3. The van der Waals surface area contributed by atoms with E-state index in [0.717, 1.165) is 31.2 Å². The highest BCUT2D eigenvalue weighted by atomic mass is 35.5. The Morgan fingerprint density at radius 2 is 1.50 bits per heavy atom. The summed E-state index contributed by atoms with van der Waals surface area (Å²) >= 11 is 18.5. The van der Waals surface area contributed by atoms with Crippen LogP contribution in [0.5, 0.6) is 0 Å². The Kier molecular flexibility index (Phi) is 8.64. The van der Waals surface area contributed by atoms with Crippen LogP contribution in [0.3, 0.4) is 0 Å². The van der Waals surface area contributed by atoms with Gasteiger partial charge < -0.3 is 9.80 Å². The number of rotatable bonds is 5. The number of amides is 2. The molecule has 1 saturated heterocycles. The highest BCUT2D eigenvalue weighted by molar-refractivity contribution is 6.42. The first-order valence-corrected chi connectivity index (χ1v) is 13.6. The number of hydrogen-bond donors (Lipinski definition) is 0. The van der Waals surface area contributed by atoms with Crippen molar-refractivity contribution in [3.63, 3.8) is 0 Å². The summed E-state index contributed by atoms with van der Waals surface area (Å²) in [5, 5.41) is 1.49. The van der Waals surface area contributed by atoms with Gasteiger partial charge in [0.05, 0.1) is 10.0 Å². The molecule has 4 rings (SSSR count). The van der Waals surface area contributed by atoms with Gasteiger partial charge in [-0.1, -0.05) is 40.9 Å². The van der Waals surface area contributed by atoms with Crippen molar-refractivity contribution in [1.82, 2.24) is 9.80 Å². The number of carbonyl (C=O) groups is 3. The number of halogens is 3. The first kappa shape index (κ1) is 27.0. The standard InChI is InChI=1S/C28H31Cl3N2O3/c1-17(34)18-3-5-20(6-4-18)28(36)33-14-13-26(23(16-33)21-9-12-24(30)25(31)15-21)32(2)27(35)19-7-10-22(29)11-8-19/h7-12,15,18,20,23,26H,3-6,13-14,16H2,1-2H3/t18-,20-,23-,26+/m0/s1. The van der Waals surface area contributed by atoms with Gasteiger partial charge in [0.1, 0.15) is 5.78 Å². The lowest BCUT2D eigenvalue weighted by molar-refractivity contribution is -0.139. The molecule has 0 unspecified atom stereocenters. The van der Waals surface area contributed by atoms with Gasteiger partial charge in [-0.2, -0.15) is 0 Å². The Labute approximate surface area is 227 Å². The summed E-state index contributed by atoms with van der Waals surface area (Å²) in [6.45, 7) is 2.71. The zero-order chi connectivity index (χ0) is 26.0. The average molecular weight is 550 g/mol. The van der Waals surface area contributed by atoms with Crippen molar-refractivity contribution in [1.29, 1.82) is 0 Å². The van der Waals surface area contributed by atoms with E-state index in [1.807, 2.05) is 24.1 Å². The number of likely N-dealkylation sites (N-methyl/N-ethyl adjacent to an activating group) is 1. The maximum absolute atomic E-state index is 13.5. The van der Waals surface area contributed by atoms with Crippen LogP contribution in [-0.2, 0) is 9.59 Å². The summed E-state index contributed by atoms with van der Waals surface area (Å²) in [6.07, 6.45) is 3.69. The Hall–Kier alpha value is -2.08. The molecule has 0 N–H and O–H groups in total. The Balaban J connectivity index is 1.55. The average Bonchev–Trinajstić information content (AvgIpc) is 2.89. The normalized spacial score (nSPS) is 24.3. The van der Waals surface area contributed by atoms with Crippen molar-refractivity contribution in [2.45, 2.75) is 51.0 Å². The molecule has 2 aromatic rings. The molecule has 2 fully saturated rings. The summed E-state index contributed by atoms with van der Waals surface area (Å²) in [5.74, 6) is 0.176. The number of benzene rings is 2. The van der Waals surface area contributed by atoms with Gasteiger partial charge in [-0.05, 0) is 81.0 Å². The molecular formula is C28H31Cl3N2O3. The van der Waals surface area contributed by atoms with E-state index in [1.54, 1.807) is 42.2 Å². The predicted molar refractivity (Wildman–Crippen MR) is 144 cm³/mol. The monoisotopic (exact) mass is 548 g/mol. The summed E-state index contributed by atoms with van der Waals surface area (Å²) in [5.41, 5.74) is 1.51. The van der Waals surface area contributed by atoms with Gasteiger partial charge in [0.25, 0.3) is 5.91 Å². The first-order valence-electron chi connectivity index (χ1n) is 12.4. The van der Waals surface area contributed by atoms with Gasteiger partial charge in [0.2, 0.25) is 5.91 Å². The van der Waals surface area contributed by atoms with Crippen LogP contribution >= 0.6 is 34.8 Å². The zero-order valence-corrected chi connectivity index (χ0v) is 22.8. The van der Waals surface area contributed by atoms with Crippen LogP contribution in [0.1, 0.15) is 60.9 Å². The third-order valence-electron chi connectivity index (χ3n) is 7.82. The van der Waals surface area contributed by atoms with E-state index >= 15 is 0 Å². The second-order valence-corrected chi connectivity index (χ2v) is 11.3. The molecule has 0 bridgehead atoms. The Morgan fingerprint density at radius 1 is 0.861 bits per heavy atom.